The molecule has 1 N–H and O–H groups in total. The van der Waals surface area contributed by atoms with Crippen LogP contribution in [0.25, 0.3) is 0 Å². The van der Waals surface area contributed by atoms with Crippen LogP contribution >= 0.6 is 0 Å². The zero-order chi connectivity index (χ0) is 18.7. The maximum absolute atomic E-state index is 12.8. The Morgan fingerprint density at radius 1 is 1.23 bits per heavy atom. The van der Waals surface area contributed by atoms with E-state index in [0.29, 0.717) is 17.6 Å². The number of hydrogen-bond donors (Lipinski definition) is 1. The van der Waals surface area contributed by atoms with Crippen LogP contribution in [0.4, 0.5) is 0 Å². The van der Waals surface area contributed by atoms with Crippen molar-refractivity contribution in [3.8, 4) is 0 Å². The number of hydrogen-bond acceptors (Lipinski definition) is 2. The predicted octanol–water partition coefficient (Wildman–Crippen LogP) is 5.46. The van der Waals surface area contributed by atoms with Gasteiger partial charge in [0.25, 0.3) is 0 Å². The van der Waals surface area contributed by atoms with Crippen LogP contribution in [0.15, 0.2) is 24.3 Å². The Morgan fingerprint density at radius 2 is 1.96 bits per heavy atom. The lowest BCUT2D eigenvalue weighted by molar-refractivity contribution is -0.140. The highest BCUT2D eigenvalue weighted by Crippen LogP contribution is 2.70. The van der Waals surface area contributed by atoms with Crippen molar-refractivity contribution in [1.29, 1.82) is 0 Å². The lowest BCUT2D eigenvalue weighted by Gasteiger charge is -2.59. The molecule has 0 saturated heterocycles. The average molecular weight is 357 g/mol. The van der Waals surface area contributed by atoms with Gasteiger partial charge in [0.15, 0.2) is 0 Å². The van der Waals surface area contributed by atoms with Crippen LogP contribution in [-0.4, -0.2) is 17.0 Å². The van der Waals surface area contributed by atoms with Crippen molar-refractivity contribution in [3.05, 3.63) is 24.3 Å². The van der Waals surface area contributed by atoms with Crippen LogP contribution < -0.4 is 0 Å². The minimum absolute atomic E-state index is 0.129. The lowest BCUT2D eigenvalue weighted by atomic mass is 9.45. The Kier molecular flexibility index (Phi) is 4.30. The van der Waals surface area contributed by atoms with E-state index in [9.17, 15) is 9.90 Å². The van der Waals surface area contributed by atoms with E-state index in [0.717, 1.165) is 44.4 Å². The Bertz CT molecular complexity index is 649. The molecule has 0 spiro atoms. The van der Waals surface area contributed by atoms with Gasteiger partial charge in [-0.05, 0) is 93.3 Å². The molecule has 3 fully saturated rings. The number of aliphatic hydroxyl groups excluding tert-OH is 1. The average Bonchev–Trinajstić information content (AvgIpc) is 2.90. The molecule has 0 aromatic rings. The Hall–Kier alpha value is -0.890. The second-order valence-electron chi connectivity index (χ2n) is 10.3. The summed E-state index contributed by atoms with van der Waals surface area (Å²) in [5.41, 5.74) is 1.76. The van der Waals surface area contributed by atoms with E-state index in [2.05, 4.69) is 26.5 Å². The molecule has 144 valence electrons. The van der Waals surface area contributed by atoms with E-state index in [-0.39, 0.29) is 22.3 Å². The zero-order valence-electron chi connectivity index (χ0n) is 16.9. The molecule has 4 unspecified atom stereocenters. The molecule has 0 radical (unpaired) electrons. The van der Waals surface area contributed by atoms with Crippen LogP contribution in [0.3, 0.4) is 0 Å². The molecule has 4 rings (SSSR count). The number of carbonyl (C=O) groups excluding carboxylic acids is 1. The maximum atomic E-state index is 12.8. The van der Waals surface area contributed by atoms with Crippen molar-refractivity contribution < 1.29 is 9.90 Å². The number of fused-ring (bicyclic) bond motifs is 5. The predicted molar refractivity (Wildman–Crippen MR) is 106 cm³/mol. The third kappa shape index (κ3) is 2.23. The quantitative estimate of drug-likeness (QED) is 0.682. The number of allylic oxidation sites excluding steroid dienone is 2. The van der Waals surface area contributed by atoms with E-state index in [1.54, 1.807) is 0 Å². The van der Waals surface area contributed by atoms with Gasteiger partial charge < -0.3 is 5.11 Å². The fraction of sp³-hybridized carbons (Fsp3) is 0.792. The molecular weight excluding hydrogens is 320 g/mol. The molecule has 2 nitrogen and oxygen atoms in total. The van der Waals surface area contributed by atoms with Gasteiger partial charge in [-0.3, -0.25) is 4.79 Å². The van der Waals surface area contributed by atoms with Gasteiger partial charge in [-0.15, -0.1) is 6.58 Å². The van der Waals surface area contributed by atoms with E-state index >= 15 is 0 Å². The summed E-state index contributed by atoms with van der Waals surface area (Å²) < 4.78 is 0. The van der Waals surface area contributed by atoms with E-state index < -0.39 is 0 Å². The summed E-state index contributed by atoms with van der Waals surface area (Å²) in [5.74, 6) is 2.50. The molecule has 4 aliphatic rings. The highest BCUT2D eigenvalue weighted by atomic mass is 16.3. The van der Waals surface area contributed by atoms with Gasteiger partial charge >= 0.3 is 0 Å². The van der Waals surface area contributed by atoms with Gasteiger partial charge in [0, 0.05) is 5.41 Å². The van der Waals surface area contributed by atoms with Crippen LogP contribution in [0, 0.1) is 34.0 Å². The van der Waals surface area contributed by atoms with Gasteiger partial charge in [0.1, 0.15) is 5.78 Å². The lowest BCUT2D eigenvalue weighted by Crippen LogP contribution is -2.53. The second kappa shape index (κ2) is 6.06. The normalized spacial score (nSPS) is 50.2. The smallest absolute Gasteiger partial charge is 0.136 e. The summed E-state index contributed by atoms with van der Waals surface area (Å²) in [6, 6.07) is 0. The van der Waals surface area contributed by atoms with Crippen molar-refractivity contribution >= 4 is 5.78 Å². The molecule has 7 atom stereocenters. The van der Waals surface area contributed by atoms with Crippen LogP contribution in [0.2, 0.25) is 0 Å². The first-order valence-corrected chi connectivity index (χ1v) is 10.8. The van der Waals surface area contributed by atoms with Gasteiger partial charge in [-0.1, -0.05) is 31.6 Å². The third-order valence-electron chi connectivity index (χ3n) is 9.61. The summed E-state index contributed by atoms with van der Waals surface area (Å²) in [5, 5.41) is 10.2. The topological polar surface area (TPSA) is 37.3 Å². The van der Waals surface area contributed by atoms with Crippen LogP contribution in [0.5, 0.6) is 0 Å². The first-order chi connectivity index (χ1) is 12.3. The number of carbonyl (C=O) groups is 1. The number of rotatable bonds is 3. The molecule has 0 bridgehead atoms. The Balaban J connectivity index is 1.70. The Morgan fingerprint density at radius 3 is 2.65 bits per heavy atom. The zero-order valence-corrected chi connectivity index (χ0v) is 16.9. The summed E-state index contributed by atoms with van der Waals surface area (Å²) in [6.07, 6.45) is 14.0. The van der Waals surface area contributed by atoms with E-state index in [1.807, 2.05) is 13.0 Å². The fourth-order valence-corrected chi connectivity index (χ4v) is 8.08. The molecule has 0 amide bonds. The summed E-state index contributed by atoms with van der Waals surface area (Å²) in [4.78, 5) is 12.8. The van der Waals surface area contributed by atoms with Gasteiger partial charge in [0.2, 0.25) is 0 Å². The fourth-order valence-electron chi connectivity index (χ4n) is 8.08. The molecule has 0 aromatic heterocycles. The van der Waals surface area contributed by atoms with Gasteiger partial charge in [-0.2, -0.15) is 0 Å². The monoisotopic (exact) mass is 356 g/mol. The van der Waals surface area contributed by atoms with Crippen molar-refractivity contribution in [3.63, 3.8) is 0 Å². The largest absolute Gasteiger partial charge is 0.393 e. The van der Waals surface area contributed by atoms with Gasteiger partial charge in [0.05, 0.1) is 6.10 Å². The Labute approximate surface area is 159 Å². The van der Waals surface area contributed by atoms with Crippen LogP contribution in [-0.2, 0) is 4.79 Å². The minimum atomic E-state index is -0.182. The molecule has 0 heterocycles. The third-order valence-corrected chi connectivity index (χ3v) is 9.61. The number of aliphatic hydroxyl groups is 1. The first kappa shape index (κ1) is 18.5. The molecular formula is C24H36O2. The van der Waals surface area contributed by atoms with E-state index in [1.165, 1.54) is 24.8 Å². The second-order valence-corrected chi connectivity index (χ2v) is 10.3. The molecule has 2 heteroatoms. The van der Waals surface area contributed by atoms with Crippen molar-refractivity contribution in [2.75, 3.05) is 0 Å². The summed E-state index contributed by atoms with van der Waals surface area (Å²) >= 11 is 0. The highest BCUT2D eigenvalue weighted by molar-refractivity contribution is 5.84. The molecule has 26 heavy (non-hydrogen) atoms. The standard InChI is InChI=1S/C24H36O2/c1-5-11-24(16(2)25)14-10-21-19-7-6-17-15-18(26)8-12-22(17,3)20(19)9-13-23(21,24)4/h5-6,18-21,26H,1,7-15H2,2-4H3/t18?,19?,20?,21?,22-,23-,24+/m0/s1. The van der Waals surface area contributed by atoms with Crippen molar-refractivity contribution in [2.45, 2.75) is 84.7 Å². The number of Topliss-reactive ketones (excluding diaryl/α,β-unsaturated/α-hetero) is 1. The number of ketones is 1. The molecule has 0 aromatic carbocycles. The van der Waals surface area contributed by atoms with E-state index in [4.69, 9.17) is 0 Å². The summed E-state index contributed by atoms with van der Waals surface area (Å²) in [7, 11) is 0. The van der Waals surface area contributed by atoms with Crippen molar-refractivity contribution in [2.24, 2.45) is 34.0 Å². The SMILES string of the molecule is C=CC[C@]1(C(C)=O)CCC2C3CC=C4CC(O)CC[C@]4(C)C3CC[C@@]21C. The van der Waals surface area contributed by atoms with Crippen LogP contribution in [0.1, 0.15) is 78.6 Å². The molecule has 0 aliphatic heterocycles. The van der Waals surface area contributed by atoms with Gasteiger partial charge in [-0.25, -0.2) is 0 Å². The summed E-state index contributed by atoms with van der Waals surface area (Å²) in [6.45, 7) is 10.7. The maximum Gasteiger partial charge on any atom is 0.136 e. The highest BCUT2D eigenvalue weighted by Gasteiger charge is 2.64. The van der Waals surface area contributed by atoms with Crippen molar-refractivity contribution in [1.82, 2.24) is 0 Å². The molecule has 3 saturated carbocycles. The molecule has 4 aliphatic carbocycles. The first-order valence-electron chi connectivity index (χ1n) is 10.8. The minimum Gasteiger partial charge on any atom is -0.393 e.